The molecule has 1 aromatic heterocycles. The number of nitrogens with one attached hydrogen (secondary N) is 1. The molecule has 0 aliphatic rings. The maximum atomic E-state index is 11.6. The molecule has 1 amide bonds. The van der Waals surface area contributed by atoms with E-state index in [-0.39, 0.29) is 17.9 Å². The molecule has 82 valence electrons. The van der Waals surface area contributed by atoms with E-state index in [2.05, 4.69) is 4.98 Å². The highest BCUT2D eigenvalue weighted by atomic mass is 16.2. The third-order valence-electron chi connectivity index (χ3n) is 1.91. The van der Waals surface area contributed by atoms with Crippen molar-refractivity contribution in [3.63, 3.8) is 0 Å². The van der Waals surface area contributed by atoms with E-state index in [0.29, 0.717) is 6.42 Å². The van der Waals surface area contributed by atoms with Crippen molar-refractivity contribution in [2.45, 2.75) is 19.9 Å². The molecule has 15 heavy (non-hydrogen) atoms. The lowest BCUT2D eigenvalue weighted by atomic mass is 10.3. The SMILES string of the molecule is CCCn1c(=O)[nH]c(N)c(C(N)=O)c1=O. The van der Waals surface area contributed by atoms with Crippen LogP contribution in [0.2, 0.25) is 0 Å². The molecule has 0 aliphatic heterocycles. The minimum atomic E-state index is -0.946. The predicted molar refractivity (Wildman–Crippen MR) is 54.5 cm³/mol. The lowest BCUT2D eigenvalue weighted by Crippen LogP contribution is -2.40. The van der Waals surface area contributed by atoms with Crippen LogP contribution in [0.25, 0.3) is 0 Å². The second-order valence-corrected chi connectivity index (χ2v) is 3.04. The van der Waals surface area contributed by atoms with Gasteiger partial charge in [-0.3, -0.25) is 19.1 Å². The normalized spacial score (nSPS) is 10.2. The molecule has 0 bridgehead atoms. The van der Waals surface area contributed by atoms with Crippen molar-refractivity contribution in [3.05, 3.63) is 26.4 Å². The number of H-pyrrole nitrogens is 1. The first-order valence-electron chi connectivity index (χ1n) is 4.41. The number of rotatable bonds is 3. The van der Waals surface area contributed by atoms with Crippen LogP contribution in [0.15, 0.2) is 9.59 Å². The van der Waals surface area contributed by atoms with Crippen LogP contribution in [0.3, 0.4) is 0 Å². The summed E-state index contributed by atoms with van der Waals surface area (Å²) >= 11 is 0. The Balaban J connectivity index is 3.57. The molecule has 1 heterocycles. The zero-order valence-corrected chi connectivity index (χ0v) is 8.24. The van der Waals surface area contributed by atoms with Gasteiger partial charge in [-0.25, -0.2) is 4.79 Å². The number of anilines is 1. The Morgan fingerprint density at radius 1 is 1.47 bits per heavy atom. The van der Waals surface area contributed by atoms with Gasteiger partial charge in [0.1, 0.15) is 11.4 Å². The molecule has 0 unspecified atom stereocenters. The summed E-state index contributed by atoms with van der Waals surface area (Å²) in [5.74, 6) is -1.23. The molecule has 0 fully saturated rings. The van der Waals surface area contributed by atoms with E-state index in [4.69, 9.17) is 11.5 Å². The van der Waals surface area contributed by atoms with Gasteiger partial charge in [-0.15, -0.1) is 0 Å². The van der Waals surface area contributed by atoms with Crippen LogP contribution in [-0.4, -0.2) is 15.5 Å². The van der Waals surface area contributed by atoms with Gasteiger partial charge in [0.2, 0.25) is 0 Å². The Kier molecular flexibility index (Phi) is 2.93. The fourth-order valence-electron chi connectivity index (χ4n) is 1.25. The Morgan fingerprint density at radius 3 is 2.53 bits per heavy atom. The van der Waals surface area contributed by atoms with Crippen LogP contribution in [-0.2, 0) is 6.54 Å². The first-order chi connectivity index (χ1) is 6.99. The zero-order chi connectivity index (χ0) is 11.6. The number of aromatic amines is 1. The van der Waals surface area contributed by atoms with Gasteiger partial charge < -0.3 is 11.5 Å². The molecule has 0 radical (unpaired) electrons. The minimum Gasteiger partial charge on any atom is -0.384 e. The molecule has 5 N–H and O–H groups in total. The van der Waals surface area contributed by atoms with Crippen molar-refractivity contribution in [2.24, 2.45) is 5.73 Å². The first kappa shape index (κ1) is 11.0. The Hall–Kier alpha value is -2.05. The van der Waals surface area contributed by atoms with Crippen LogP contribution >= 0.6 is 0 Å². The van der Waals surface area contributed by atoms with E-state index >= 15 is 0 Å². The Labute approximate surface area is 84.7 Å². The quantitative estimate of drug-likeness (QED) is 0.571. The van der Waals surface area contributed by atoms with Crippen molar-refractivity contribution < 1.29 is 4.79 Å². The monoisotopic (exact) mass is 212 g/mol. The third-order valence-corrected chi connectivity index (χ3v) is 1.91. The average Bonchev–Trinajstić information content (AvgIpc) is 2.11. The molecule has 0 saturated heterocycles. The summed E-state index contributed by atoms with van der Waals surface area (Å²) in [6.45, 7) is 2.01. The van der Waals surface area contributed by atoms with Crippen molar-refractivity contribution in [1.29, 1.82) is 0 Å². The number of carbonyl (C=O) groups is 1. The van der Waals surface area contributed by atoms with Crippen LogP contribution in [0.1, 0.15) is 23.7 Å². The standard InChI is InChI=1S/C8H12N4O3/c1-2-3-12-7(14)4(6(10)13)5(9)11-8(12)15/h2-3,9H2,1H3,(H2,10,13)(H,11,15). The van der Waals surface area contributed by atoms with Crippen molar-refractivity contribution in [3.8, 4) is 0 Å². The summed E-state index contributed by atoms with van der Waals surface area (Å²) in [6, 6.07) is 0. The van der Waals surface area contributed by atoms with E-state index in [9.17, 15) is 14.4 Å². The van der Waals surface area contributed by atoms with Crippen molar-refractivity contribution in [2.75, 3.05) is 5.73 Å². The number of aromatic nitrogens is 2. The fourth-order valence-corrected chi connectivity index (χ4v) is 1.25. The van der Waals surface area contributed by atoms with Crippen LogP contribution < -0.4 is 22.7 Å². The van der Waals surface area contributed by atoms with Gasteiger partial charge in [0.15, 0.2) is 0 Å². The molecule has 0 aromatic carbocycles. The van der Waals surface area contributed by atoms with Crippen molar-refractivity contribution in [1.82, 2.24) is 9.55 Å². The summed E-state index contributed by atoms with van der Waals surface area (Å²) in [7, 11) is 0. The Bertz CT molecular complexity index is 500. The van der Waals surface area contributed by atoms with Crippen molar-refractivity contribution >= 4 is 11.7 Å². The molecule has 0 aliphatic carbocycles. The number of hydrogen-bond acceptors (Lipinski definition) is 4. The van der Waals surface area contributed by atoms with Crippen LogP contribution in [0.4, 0.5) is 5.82 Å². The molecule has 1 aromatic rings. The van der Waals surface area contributed by atoms with Gasteiger partial charge in [0, 0.05) is 6.54 Å². The van der Waals surface area contributed by atoms with Gasteiger partial charge in [-0.1, -0.05) is 6.92 Å². The van der Waals surface area contributed by atoms with E-state index in [1.165, 1.54) is 0 Å². The summed E-state index contributed by atoms with van der Waals surface area (Å²) in [5.41, 5.74) is 8.54. The lowest BCUT2D eigenvalue weighted by Gasteiger charge is -2.05. The van der Waals surface area contributed by atoms with Gasteiger partial charge in [0.05, 0.1) is 0 Å². The number of amides is 1. The largest absolute Gasteiger partial charge is 0.384 e. The number of primary amides is 1. The number of nitrogens with zero attached hydrogens (tertiary/aromatic N) is 1. The molecular weight excluding hydrogens is 200 g/mol. The molecule has 7 heteroatoms. The van der Waals surface area contributed by atoms with Gasteiger partial charge in [-0.2, -0.15) is 0 Å². The molecule has 0 spiro atoms. The third kappa shape index (κ3) is 1.90. The molecule has 0 saturated carbocycles. The second-order valence-electron chi connectivity index (χ2n) is 3.04. The minimum absolute atomic E-state index is 0.217. The van der Waals surface area contributed by atoms with E-state index in [0.717, 1.165) is 4.57 Å². The lowest BCUT2D eigenvalue weighted by molar-refractivity contribution is 0.0998. The van der Waals surface area contributed by atoms with E-state index in [1.807, 2.05) is 0 Å². The smallest absolute Gasteiger partial charge is 0.329 e. The maximum absolute atomic E-state index is 11.6. The average molecular weight is 212 g/mol. The topological polar surface area (TPSA) is 124 Å². The molecule has 1 rings (SSSR count). The van der Waals surface area contributed by atoms with Gasteiger partial charge in [0.25, 0.3) is 11.5 Å². The van der Waals surface area contributed by atoms with E-state index in [1.54, 1.807) is 6.92 Å². The number of carbonyl (C=O) groups excluding carboxylic acids is 1. The number of nitrogen functional groups attached to an aromatic ring is 1. The second kappa shape index (κ2) is 3.99. The van der Waals surface area contributed by atoms with E-state index < -0.39 is 17.2 Å². The summed E-state index contributed by atoms with van der Waals surface area (Å²) in [5, 5.41) is 0. The fraction of sp³-hybridized carbons (Fsp3) is 0.375. The predicted octanol–water partition coefficient (Wildman–Crippen LogP) is -1.37. The molecule has 0 atom stereocenters. The number of nitrogens with two attached hydrogens (primary N) is 2. The zero-order valence-electron chi connectivity index (χ0n) is 8.24. The highest BCUT2D eigenvalue weighted by Crippen LogP contribution is 1.97. The molecule has 7 nitrogen and oxygen atoms in total. The number of hydrogen-bond donors (Lipinski definition) is 3. The Morgan fingerprint density at radius 2 is 2.07 bits per heavy atom. The van der Waals surface area contributed by atoms with Gasteiger partial charge >= 0.3 is 5.69 Å². The summed E-state index contributed by atoms with van der Waals surface area (Å²) in [4.78, 5) is 36.0. The van der Waals surface area contributed by atoms with Gasteiger partial charge in [-0.05, 0) is 6.42 Å². The molecular formula is C8H12N4O3. The summed E-state index contributed by atoms with van der Waals surface area (Å²) in [6.07, 6.45) is 0.588. The highest BCUT2D eigenvalue weighted by molar-refractivity contribution is 5.96. The highest BCUT2D eigenvalue weighted by Gasteiger charge is 2.15. The van der Waals surface area contributed by atoms with Crippen LogP contribution in [0.5, 0.6) is 0 Å². The summed E-state index contributed by atoms with van der Waals surface area (Å²) < 4.78 is 0.899. The first-order valence-corrected chi connectivity index (χ1v) is 4.41. The van der Waals surface area contributed by atoms with Crippen LogP contribution in [0, 0.1) is 0 Å². The maximum Gasteiger partial charge on any atom is 0.329 e.